The predicted octanol–water partition coefficient (Wildman–Crippen LogP) is 0.277. The Morgan fingerprint density at radius 2 is 2.53 bits per heavy atom. The van der Waals surface area contributed by atoms with Crippen molar-refractivity contribution in [3.8, 4) is 0 Å². The number of carbonyl (C=O) groups excluding carboxylic acids is 1. The molecule has 1 aliphatic rings. The predicted molar refractivity (Wildman–Crippen MR) is 56.5 cm³/mol. The third-order valence-corrected chi connectivity index (χ3v) is 3.64. The Hall–Kier alpha value is -1.24. The molecule has 0 aromatic carbocycles. The lowest BCUT2D eigenvalue weighted by Gasteiger charge is -2.08. The Labute approximate surface area is 90.9 Å². The Kier molecular flexibility index (Phi) is 3.10. The summed E-state index contributed by atoms with van der Waals surface area (Å²) in [5.74, 6) is 0.890. The van der Waals surface area contributed by atoms with Crippen molar-refractivity contribution in [3.05, 3.63) is 5.69 Å². The van der Waals surface area contributed by atoms with Gasteiger partial charge in [-0.3, -0.25) is 4.79 Å². The Balaban J connectivity index is 1.84. The Bertz CT molecular complexity index is 348. The van der Waals surface area contributed by atoms with Gasteiger partial charge in [0, 0.05) is 11.8 Å². The number of amides is 1. The number of thioether (sulfide) groups is 1. The van der Waals surface area contributed by atoms with Crippen LogP contribution in [0.5, 0.6) is 0 Å². The van der Waals surface area contributed by atoms with Crippen molar-refractivity contribution in [2.24, 2.45) is 0 Å². The van der Waals surface area contributed by atoms with Crippen LogP contribution in [-0.4, -0.2) is 33.8 Å². The molecule has 7 heteroatoms. The molecule has 0 spiro atoms. The minimum atomic E-state index is -0.318. The zero-order valence-electron chi connectivity index (χ0n) is 8.10. The van der Waals surface area contributed by atoms with Gasteiger partial charge in [-0.15, -0.1) is 0 Å². The number of rotatable bonds is 3. The number of anilines is 1. The molecule has 0 bridgehead atoms. The van der Waals surface area contributed by atoms with Gasteiger partial charge in [-0.1, -0.05) is 0 Å². The molecule has 1 aliphatic heterocycles. The van der Waals surface area contributed by atoms with Crippen LogP contribution in [0.25, 0.3) is 0 Å². The van der Waals surface area contributed by atoms with Gasteiger partial charge in [0.15, 0.2) is 0 Å². The summed E-state index contributed by atoms with van der Waals surface area (Å²) in [7, 11) is 0. The minimum absolute atomic E-state index is 0.0339. The molecule has 1 atom stereocenters. The van der Waals surface area contributed by atoms with Crippen LogP contribution in [0.15, 0.2) is 4.63 Å². The number of nitrogens with one attached hydrogen (secondary N) is 1. The van der Waals surface area contributed by atoms with Gasteiger partial charge in [-0.05, 0) is 28.9 Å². The maximum absolute atomic E-state index is 11.5. The molecule has 0 aliphatic carbocycles. The van der Waals surface area contributed by atoms with Crippen molar-refractivity contribution in [1.29, 1.82) is 0 Å². The summed E-state index contributed by atoms with van der Waals surface area (Å²) >= 11 is 1.88. The molecular weight excluding hydrogens is 216 g/mol. The highest BCUT2D eigenvalue weighted by Crippen LogP contribution is 2.25. The molecule has 15 heavy (non-hydrogen) atoms. The summed E-state index contributed by atoms with van der Waals surface area (Å²) in [5.41, 5.74) is 5.46. The molecule has 2 heterocycles. The second-order valence-electron chi connectivity index (χ2n) is 3.34. The first-order chi connectivity index (χ1) is 7.27. The third kappa shape index (κ3) is 2.41. The number of aromatic nitrogens is 2. The Morgan fingerprint density at radius 1 is 1.67 bits per heavy atom. The van der Waals surface area contributed by atoms with Crippen LogP contribution in [0.2, 0.25) is 0 Å². The van der Waals surface area contributed by atoms with E-state index in [9.17, 15) is 4.79 Å². The van der Waals surface area contributed by atoms with E-state index in [-0.39, 0.29) is 17.4 Å². The number of nitrogens with two attached hydrogens (primary N) is 1. The van der Waals surface area contributed by atoms with E-state index in [2.05, 4.69) is 20.3 Å². The first-order valence-corrected chi connectivity index (χ1v) is 5.80. The zero-order chi connectivity index (χ0) is 10.7. The standard InChI is InChI=1S/C8H12N4O2S/c9-7-6(11-14-12-7)8(13)10-4-5-2-1-3-15-5/h5H,1-4H2,(H2,9,12)(H,10,13). The van der Waals surface area contributed by atoms with Gasteiger partial charge < -0.3 is 11.1 Å². The average Bonchev–Trinajstić information content (AvgIpc) is 2.84. The topological polar surface area (TPSA) is 94.0 Å². The highest BCUT2D eigenvalue weighted by atomic mass is 32.2. The first-order valence-electron chi connectivity index (χ1n) is 4.75. The molecule has 0 saturated carbocycles. The molecule has 1 unspecified atom stereocenters. The highest BCUT2D eigenvalue weighted by Gasteiger charge is 2.19. The molecule has 82 valence electrons. The summed E-state index contributed by atoms with van der Waals surface area (Å²) < 4.78 is 4.35. The molecule has 1 saturated heterocycles. The van der Waals surface area contributed by atoms with Crippen LogP contribution in [0, 0.1) is 0 Å². The van der Waals surface area contributed by atoms with Crippen LogP contribution >= 0.6 is 11.8 Å². The maximum Gasteiger partial charge on any atom is 0.277 e. The molecule has 1 aromatic rings. The molecule has 1 fully saturated rings. The van der Waals surface area contributed by atoms with Crippen LogP contribution in [0.3, 0.4) is 0 Å². The van der Waals surface area contributed by atoms with Crippen LogP contribution in [0.1, 0.15) is 23.3 Å². The molecule has 6 nitrogen and oxygen atoms in total. The van der Waals surface area contributed by atoms with Crippen molar-refractivity contribution in [3.63, 3.8) is 0 Å². The summed E-state index contributed by atoms with van der Waals surface area (Å²) in [6.45, 7) is 0.649. The zero-order valence-corrected chi connectivity index (χ0v) is 8.92. The number of carbonyl (C=O) groups is 1. The molecule has 1 aromatic heterocycles. The SMILES string of the molecule is Nc1nonc1C(=O)NCC1CCCS1. The molecule has 0 radical (unpaired) electrons. The molecular formula is C8H12N4O2S. The van der Waals surface area contributed by atoms with E-state index < -0.39 is 0 Å². The van der Waals surface area contributed by atoms with Crippen molar-refractivity contribution >= 4 is 23.5 Å². The van der Waals surface area contributed by atoms with E-state index in [0.717, 1.165) is 6.42 Å². The van der Waals surface area contributed by atoms with E-state index in [4.69, 9.17) is 5.73 Å². The fourth-order valence-electron chi connectivity index (χ4n) is 1.45. The van der Waals surface area contributed by atoms with Crippen LogP contribution < -0.4 is 11.1 Å². The van der Waals surface area contributed by atoms with E-state index in [0.29, 0.717) is 11.8 Å². The fourth-order valence-corrected chi connectivity index (χ4v) is 2.65. The molecule has 2 rings (SSSR count). The van der Waals surface area contributed by atoms with E-state index in [1.54, 1.807) is 0 Å². The average molecular weight is 228 g/mol. The van der Waals surface area contributed by atoms with Crippen LogP contribution in [-0.2, 0) is 0 Å². The normalized spacial score (nSPS) is 20.4. The largest absolute Gasteiger partial charge is 0.379 e. The second-order valence-corrected chi connectivity index (χ2v) is 4.75. The number of hydrogen-bond donors (Lipinski definition) is 2. The summed E-state index contributed by atoms with van der Waals surface area (Å²) in [4.78, 5) is 11.5. The lowest BCUT2D eigenvalue weighted by molar-refractivity contribution is 0.0944. The second kappa shape index (κ2) is 4.52. The summed E-state index contributed by atoms with van der Waals surface area (Å²) in [6.07, 6.45) is 2.37. The quantitative estimate of drug-likeness (QED) is 0.771. The van der Waals surface area contributed by atoms with E-state index in [1.807, 2.05) is 11.8 Å². The van der Waals surface area contributed by atoms with Gasteiger partial charge in [0.25, 0.3) is 5.91 Å². The monoisotopic (exact) mass is 228 g/mol. The van der Waals surface area contributed by atoms with Crippen molar-refractivity contribution in [2.75, 3.05) is 18.0 Å². The molecule has 1 amide bonds. The lowest BCUT2D eigenvalue weighted by Crippen LogP contribution is -2.30. The van der Waals surface area contributed by atoms with Gasteiger partial charge in [-0.2, -0.15) is 11.8 Å². The first kappa shape index (κ1) is 10.3. The number of nitrogens with zero attached hydrogens (tertiary/aromatic N) is 2. The number of hydrogen-bond acceptors (Lipinski definition) is 6. The van der Waals surface area contributed by atoms with Gasteiger partial charge in [-0.25, -0.2) is 4.63 Å². The van der Waals surface area contributed by atoms with E-state index in [1.165, 1.54) is 12.2 Å². The van der Waals surface area contributed by atoms with Crippen molar-refractivity contribution in [1.82, 2.24) is 15.6 Å². The summed E-state index contributed by atoms with van der Waals surface area (Å²) in [5, 5.41) is 10.0. The van der Waals surface area contributed by atoms with Crippen LogP contribution in [0.4, 0.5) is 5.82 Å². The Morgan fingerprint density at radius 3 is 3.13 bits per heavy atom. The smallest absolute Gasteiger partial charge is 0.277 e. The summed E-state index contributed by atoms with van der Waals surface area (Å²) in [6, 6.07) is 0. The van der Waals surface area contributed by atoms with Gasteiger partial charge in [0.1, 0.15) is 0 Å². The highest BCUT2D eigenvalue weighted by molar-refractivity contribution is 8.00. The van der Waals surface area contributed by atoms with Crippen molar-refractivity contribution < 1.29 is 9.42 Å². The van der Waals surface area contributed by atoms with Gasteiger partial charge in [0.05, 0.1) is 0 Å². The third-order valence-electron chi connectivity index (χ3n) is 2.24. The lowest BCUT2D eigenvalue weighted by atomic mass is 10.2. The number of nitrogen functional groups attached to an aromatic ring is 1. The molecule has 3 N–H and O–H groups in total. The maximum atomic E-state index is 11.5. The minimum Gasteiger partial charge on any atom is -0.379 e. The van der Waals surface area contributed by atoms with Gasteiger partial charge in [0.2, 0.25) is 11.5 Å². The van der Waals surface area contributed by atoms with Crippen molar-refractivity contribution in [2.45, 2.75) is 18.1 Å². The van der Waals surface area contributed by atoms with E-state index >= 15 is 0 Å². The fraction of sp³-hybridized carbons (Fsp3) is 0.625. The van der Waals surface area contributed by atoms with Gasteiger partial charge >= 0.3 is 0 Å².